The molecule has 2 heterocycles. The highest BCUT2D eigenvalue weighted by Crippen LogP contribution is 2.16. The average Bonchev–Trinajstić information content (AvgIpc) is 2.79. The molecule has 2 aliphatic rings. The number of rotatable bonds is 5. The number of nitrogens with zero attached hydrogens (tertiary/aromatic N) is 2. The molecule has 0 aliphatic carbocycles. The van der Waals surface area contributed by atoms with Crippen molar-refractivity contribution in [2.24, 2.45) is 0 Å². The number of hydrogen-bond acceptors (Lipinski definition) is 4. The summed E-state index contributed by atoms with van der Waals surface area (Å²) >= 11 is 0. The zero-order valence-electron chi connectivity index (χ0n) is 10.9. The van der Waals surface area contributed by atoms with Crippen LogP contribution < -0.4 is 0 Å². The molecule has 0 bridgehead atoms. The maximum atomic E-state index is 11.6. The van der Waals surface area contributed by atoms with Crippen LogP contribution in [0.5, 0.6) is 0 Å². The zero-order chi connectivity index (χ0) is 12.1. The largest absolute Gasteiger partial charge is 0.379 e. The third kappa shape index (κ3) is 3.76. The Bertz CT molecular complexity index is 252. The lowest BCUT2D eigenvalue weighted by atomic mass is 10.2. The van der Waals surface area contributed by atoms with E-state index in [1.165, 1.54) is 6.42 Å². The molecule has 0 aromatic heterocycles. The van der Waals surface area contributed by atoms with Gasteiger partial charge < -0.3 is 4.74 Å². The second-order valence-corrected chi connectivity index (χ2v) is 5.11. The molecule has 98 valence electrons. The molecular weight excluding hydrogens is 216 g/mol. The van der Waals surface area contributed by atoms with Crippen molar-refractivity contribution < 1.29 is 9.53 Å². The summed E-state index contributed by atoms with van der Waals surface area (Å²) in [6.45, 7) is 8.72. The van der Waals surface area contributed by atoms with E-state index in [1.807, 2.05) is 0 Å². The Balaban J connectivity index is 1.73. The van der Waals surface area contributed by atoms with Crippen molar-refractivity contribution >= 4 is 5.78 Å². The van der Waals surface area contributed by atoms with Gasteiger partial charge in [0.25, 0.3) is 0 Å². The first-order chi connectivity index (χ1) is 8.29. The molecule has 2 rings (SSSR count). The molecule has 0 aromatic rings. The summed E-state index contributed by atoms with van der Waals surface area (Å²) in [5.41, 5.74) is 0. The van der Waals surface area contributed by atoms with E-state index < -0.39 is 0 Å². The van der Waals surface area contributed by atoms with Gasteiger partial charge in [0.15, 0.2) is 0 Å². The van der Waals surface area contributed by atoms with E-state index in [-0.39, 0.29) is 0 Å². The van der Waals surface area contributed by atoms with Crippen LogP contribution >= 0.6 is 0 Å². The first-order valence-corrected chi connectivity index (χ1v) is 6.85. The minimum absolute atomic E-state index is 0.398. The summed E-state index contributed by atoms with van der Waals surface area (Å²) in [6, 6.07) is 0.647. The minimum atomic E-state index is 0.398. The molecule has 17 heavy (non-hydrogen) atoms. The standard InChI is InChI=1S/C13H24N2O2/c1-2-3-13(16)11-14-5-4-12(10-14)15-6-8-17-9-7-15/h12H,2-11H2,1H3. The molecule has 4 nitrogen and oxygen atoms in total. The van der Waals surface area contributed by atoms with Crippen LogP contribution in [-0.2, 0) is 9.53 Å². The van der Waals surface area contributed by atoms with Crippen LogP contribution in [0.3, 0.4) is 0 Å². The third-order valence-electron chi connectivity index (χ3n) is 3.74. The van der Waals surface area contributed by atoms with E-state index >= 15 is 0 Å². The van der Waals surface area contributed by atoms with Crippen LogP contribution in [0.4, 0.5) is 0 Å². The highest BCUT2D eigenvalue weighted by Gasteiger charge is 2.29. The van der Waals surface area contributed by atoms with E-state index in [0.717, 1.165) is 52.2 Å². The Morgan fingerprint density at radius 1 is 1.29 bits per heavy atom. The molecule has 2 aliphatic heterocycles. The predicted octanol–water partition coefficient (Wildman–Crippen LogP) is 0.762. The zero-order valence-corrected chi connectivity index (χ0v) is 10.9. The Hall–Kier alpha value is -0.450. The van der Waals surface area contributed by atoms with E-state index in [0.29, 0.717) is 18.4 Å². The Labute approximate surface area is 104 Å². The average molecular weight is 240 g/mol. The monoisotopic (exact) mass is 240 g/mol. The second kappa shape index (κ2) is 6.47. The first kappa shape index (κ1) is 13.0. The lowest BCUT2D eigenvalue weighted by molar-refractivity contribution is -0.120. The van der Waals surface area contributed by atoms with Gasteiger partial charge in [0, 0.05) is 38.6 Å². The van der Waals surface area contributed by atoms with Crippen molar-refractivity contribution in [1.29, 1.82) is 0 Å². The van der Waals surface area contributed by atoms with E-state index in [9.17, 15) is 4.79 Å². The molecule has 0 N–H and O–H groups in total. The van der Waals surface area contributed by atoms with Crippen LogP contribution in [0.2, 0.25) is 0 Å². The predicted molar refractivity (Wildman–Crippen MR) is 67.2 cm³/mol. The van der Waals surface area contributed by atoms with Crippen LogP contribution in [0.25, 0.3) is 0 Å². The van der Waals surface area contributed by atoms with Crippen molar-refractivity contribution in [3.63, 3.8) is 0 Å². The third-order valence-corrected chi connectivity index (χ3v) is 3.74. The Morgan fingerprint density at radius 3 is 2.76 bits per heavy atom. The normalized spacial score (nSPS) is 27.5. The van der Waals surface area contributed by atoms with Gasteiger partial charge in [-0.1, -0.05) is 6.92 Å². The maximum Gasteiger partial charge on any atom is 0.146 e. The molecule has 0 radical (unpaired) electrons. The Morgan fingerprint density at radius 2 is 2.06 bits per heavy atom. The van der Waals surface area contributed by atoms with Crippen LogP contribution in [0.15, 0.2) is 0 Å². The molecule has 2 saturated heterocycles. The molecule has 0 saturated carbocycles. The van der Waals surface area contributed by atoms with Crippen molar-refractivity contribution in [2.45, 2.75) is 32.2 Å². The van der Waals surface area contributed by atoms with Crippen molar-refractivity contribution in [3.8, 4) is 0 Å². The number of ether oxygens (including phenoxy) is 1. The molecule has 0 spiro atoms. The Kier molecular flexibility index (Phi) is 4.95. The number of morpholine rings is 1. The first-order valence-electron chi connectivity index (χ1n) is 6.85. The van der Waals surface area contributed by atoms with Crippen LogP contribution in [-0.4, -0.2) is 67.6 Å². The number of ketones is 1. The summed E-state index contributed by atoms with van der Waals surface area (Å²) in [6.07, 6.45) is 2.91. The summed E-state index contributed by atoms with van der Waals surface area (Å²) < 4.78 is 5.37. The number of likely N-dealkylation sites (tertiary alicyclic amines) is 1. The minimum Gasteiger partial charge on any atom is -0.379 e. The summed E-state index contributed by atoms with van der Waals surface area (Å²) in [5.74, 6) is 0.398. The van der Waals surface area contributed by atoms with Crippen molar-refractivity contribution in [2.75, 3.05) is 45.9 Å². The molecule has 2 fully saturated rings. The fraction of sp³-hybridized carbons (Fsp3) is 0.923. The van der Waals surface area contributed by atoms with Gasteiger partial charge in [-0.2, -0.15) is 0 Å². The van der Waals surface area contributed by atoms with Gasteiger partial charge in [0.1, 0.15) is 5.78 Å². The molecular formula is C13H24N2O2. The van der Waals surface area contributed by atoms with Gasteiger partial charge in [-0.15, -0.1) is 0 Å². The van der Waals surface area contributed by atoms with E-state index in [2.05, 4.69) is 16.7 Å². The smallest absolute Gasteiger partial charge is 0.146 e. The molecule has 1 atom stereocenters. The highest BCUT2D eigenvalue weighted by molar-refractivity contribution is 5.80. The number of carbonyl (C=O) groups excluding carboxylic acids is 1. The quantitative estimate of drug-likeness (QED) is 0.710. The molecule has 0 aromatic carbocycles. The van der Waals surface area contributed by atoms with Gasteiger partial charge in [0.05, 0.1) is 19.8 Å². The molecule has 0 amide bonds. The summed E-state index contributed by atoms with van der Waals surface area (Å²) in [7, 11) is 0. The van der Waals surface area contributed by atoms with Crippen molar-refractivity contribution in [1.82, 2.24) is 9.80 Å². The highest BCUT2D eigenvalue weighted by atomic mass is 16.5. The van der Waals surface area contributed by atoms with Crippen LogP contribution in [0, 0.1) is 0 Å². The van der Waals surface area contributed by atoms with E-state index in [4.69, 9.17) is 4.74 Å². The van der Waals surface area contributed by atoms with Gasteiger partial charge >= 0.3 is 0 Å². The lowest BCUT2D eigenvalue weighted by Gasteiger charge is -2.32. The number of carbonyl (C=O) groups is 1. The summed E-state index contributed by atoms with van der Waals surface area (Å²) in [4.78, 5) is 16.4. The maximum absolute atomic E-state index is 11.6. The number of Topliss-reactive ketones (excluding diaryl/α,β-unsaturated/α-hetero) is 1. The fourth-order valence-corrected chi connectivity index (χ4v) is 2.80. The van der Waals surface area contributed by atoms with Crippen LogP contribution in [0.1, 0.15) is 26.2 Å². The number of hydrogen-bond donors (Lipinski definition) is 0. The van der Waals surface area contributed by atoms with E-state index in [1.54, 1.807) is 0 Å². The lowest BCUT2D eigenvalue weighted by Crippen LogP contribution is -2.45. The SMILES string of the molecule is CCCC(=O)CN1CCC(N2CCOCC2)C1. The fourth-order valence-electron chi connectivity index (χ4n) is 2.80. The summed E-state index contributed by atoms with van der Waals surface area (Å²) in [5, 5.41) is 0. The van der Waals surface area contributed by atoms with Gasteiger partial charge in [0.2, 0.25) is 0 Å². The van der Waals surface area contributed by atoms with Crippen molar-refractivity contribution in [3.05, 3.63) is 0 Å². The topological polar surface area (TPSA) is 32.8 Å². The van der Waals surface area contributed by atoms with Gasteiger partial charge in [-0.25, -0.2) is 0 Å². The van der Waals surface area contributed by atoms with Gasteiger partial charge in [-0.3, -0.25) is 14.6 Å². The molecule has 4 heteroatoms. The second-order valence-electron chi connectivity index (χ2n) is 5.11. The molecule has 1 unspecified atom stereocenters. The van der Waals surface area contributed by atoms with Gasteiger partial charge in [-0.05, 0) is 12.8 Å².